The Kier molecular flexibility index (Phi) is 4.88. The first-order valence-corrected chi connectivity index (χ1v) is 8.11. The van der Waals surface area contributed by atoms with Gasteiger partial charge in [-0.1, -0.05) is 24.4 Å². The molecular formula is C16H23ClN2O2. The summed E-state index contributed by atoms with van der Waals surface area (Å²) in [4.78, 5) is 2.48. The number of hydrogen-bond acceptors (Lipinski definition) is 4. The maximum Gasteiger partial charge on any atom is 0.231 e. The van der Waals surface area contributed by atoms with Crippen LogP contribution < -0.4 is 14.8 Å². The molecule has 4 nitrogen and oxygen atoms in total. The van der Waals surface area contributed by atoms with Gasteiger partial charge in [-0.25, -0.2) is 0 Å². The minimum atomic E-state index is 0.262. The summed E-state index contributed by atoms with van der Waals surface area (Å²) in [5.41, 5.74) is 1.13. The molecule has 0 aromatic heterocycles. The van der Waals surface area contributed by atoms with Gasteiger partial charge in [-0.3, -0.25) is 0 Å². The summed E-state index contributed by atoms with van der Waals surface area (Å²) in [5.74, 6) is 1.42. The van der Waals surface area contributed by atoms with E-state index in [1.54, 1.807) is 0 Å². The Hall–Kier alpha value is -0.970. The molecule has 1 saturated carbocycles. The highest BCUT2D eigenvalue weighted by Crippen LogP contribution is 2.39. The summed E-state index contributed by atoms with van der Waals surface area (Å²) in [5, 5.41) is 4.11. The van der Waals surface area contributed by atoms with Gasteiger partial charge in [0, 0.05) is 25.7 Å². The van der Waals surface area contributed by atoms with Crippen molar-refractivity contribution < 1.29 is 9.47 Å². The fraction of sp³-hybridized carbons (Fsp3) is 0.625. The van der Waals surface area contributed by atoms with E-state index in [0.717, 1.165) is 37.0 Å². The molecule has 3 rings (SSSR count). The largest absolute Gasteiger partial charge is 0.454 e. The number of hydrogen-bond donors (Lipinski definition) is 1. The molecule has 0 spiro atoms. The first-order valence-electron chi connectivity index (χ1n) is 7.73. The van der Waals surface area contributed by atoms with Crippen LogP contribution >= 0.6 is 11.6 Å². The van der Waals surface area contributed by atoms with Gasteiger partial charge in [0.25, 0.3) is 0 Å². The fourth-order valence-electron chi connectivity index (χ4n) is 3.14. The summed E-state index contributed by atoms with van der Waals surface area (Å²) in [6.07, 6.45) is 5.48. The topological polar surface area (TPSA) is 33.7 Å². The van der Waals surface area contributed by atoms with Crippen LogP contribution in [0.3, 0.4) is 0 Å². The van der Waals surface area contributed by atoms with Gasteiger partial charge < -0.3 is 19.7 Å². The zero-order valence-electron chi connectivity index (χ0n) is 12.5. The van der Waals surface area contributed by atoms with E-state index in [1.807, 2.05) is 12.1 Å². The van der Waals surface area contributed by atoms with E-state index in [4.69, 9.17) is 21.1 Å². The van der Waals surface area contributed by atoms with Crippen molar-refractivity contribution in [2.45, 2.75) is 38.3 Å². The Balaban J connectivity index is 1.44. The molecule has 1 aliphatic carbocycles. The summed E-state index contributed by atoms with van der Waals surface area (Å²) >= 11 is 6.18. The van der Waals surface area contributed by atoms with Crippen molar-refractivity contribution in [2.75, 3.05) is 26.9 Å². The molecule has 1 aliphatic heterocycles. The lowest BCUT2D eigenvalue weighted by Crippen LogP contribution is -2.35. The maximum absolute atomic E-state index is 6.18. The van der Waals surface area contributed by atoms with Gasteiger partial charge in [-0.05, 0) is 37.6 Å². The van der Waals surface area contributed by atoms with Gasteiger partial charge >= 0.3 is 0 Å². The van der Waals surface area contributed by atoms with Crippen molar-refractivity contribution in [3.8, 4) is 11.5 Å². The van der Waals surface area contributed by atoms with E-state index in [0.29, 0.717) is 10.8 Å². The van der Waals surface area contributed by atoms with Gasteiger partial charge in [0.15, 0.2) is 11.5 Å². The average molecular weight is 311 g/mol. The lowest BCUT2D eigenvalue weighted by atomic mass is 10.2. The minimum absolute atomic E-state index is 0.262. The van der Waals surface area contributed by atoms with Gasteiger partial charge in [0.2, 0.25) is 6.79 Å². The van der Waals surface area contributed by atoms with Gasteiger partial charge in [0.05, 0.1) is 5.02 Å². The zero-order chi connectivity index (χ0) is 14.7. The highest BCUT2D eigenvalue weighted by molar-refractivity contribution is 6.32. The number of halogens is 1. The molecule has 2 aliphatic rings. The molecule has 1 N–H and O–H groups in total. The van der Waals surface area contributed by atoms with Gasteiger partial charge in [-0.15, -0.1) is 0 Å². The van der Waals surface area contributed by atoms with Crippen LogP contribution in [-0.2, 0) is 6.54 Å². The molecule has 0 unspecified atom stereocenters. The summed E-state index contributed by atoms with van der Waals surface area (Å²) in [6, 6.07) is 4.73. The van der Waals surface area contributed by atoms with Crippen molar-refractivity contribution >= 4 is 11.6 Å². The van der Waals surface area contributed by atoms with E-state index in [-0.39, 0.29) is 6.79 Å². The van der Waals surface area contributed by atoms with Crippen molar-refractivity contribution in [3.63, 3.8) is 0 Å². The fourth-order valence-corrected chi connectivity index (χ4v) is 3.43. The molecular weight excluding hydrogens is 288 g/mol. The highest BCUT2D eigenvalue weighted by Gasteiger charge is 2.19. The first-order chi connectivity index (χ1) is 10.2. The molecule has 21 heavy (non-hydrogen) atoms. The molecule has 116 valence electrons. The molecule has 1 aromatic carbocycles. The monoisotopic (exact) mass is 310 g/mol. The molecule has 0 radical (unpaired) electrons. The zero-order valence-corrected chi connectivity index (χ0v) is 13.3. The van der Waals surface area contributed by atoms with Crippen LogP contribution in [0.15, 0.2) is 12.1 Å². The molecule has 0 bridgehead atoms. The first kappa shape index (κ1) is 14.9. The SMILES string of the molecule is CN(CCNCc1cc(Cl)c2c(c1)OCO2)C1CCCC1. The van der Waals surface area contributed by atoms with Crippen LogP contribution in [-0.4, -0.2) is 37.9 Å². The van der Waals surface area contributed by atoms with E-state index in [2.05, 4.69) is 17.3 Å². The van der Waals surface area contributed by atoms with E-state index in [9.17, 15) is 0 Å². The number of nitrogens with one attached hydrogen (secondary N) is 1. The number of likely N-dealkylation sites (N-methyl/N-ethyl adjacent to an activating group) is 1. The molecule has 1 fully saturated rings. The number of ether oxygens (including phenoxy) is 2. The van der Waals surface area contributed by atoms with E-state index >= 15 is 0 Å². The number of fused-ring (bicyclic) bond motifs is 1. The third-order valence-corrected chi connectivity index (χ3v) is 4.69. The second-order valence-electron chi connectivity index (χ2n) is 5.91. The van der Waals surface area contributed by atoms with E-state index in [1.165, 1.54) is 25.7 Å². The van der Waals surface area contributed by atoms with Crippen LogP contribution in [0.25, 0.3) is 0 Å². The Labute approximate surface area is 131 Å². The molecule has 1 heterocycles. The lowest BCUT2D eigenvalue weighted by Gasteiger charge is -2.24. The van der Waals surface area contributed by atoms with Crippen molar-refractivity contribution in [1.82, 2.24) is 10.2 Å². The molecule has 5 heteroatoms. The predicted molar refractivity (Wildman–Crippen MR) is 84.2 cm³/mol. The second kappa shape index (κ2) is 6.86. The second-order valence-corrected chi connectivity index (χ2v) is 6.31. The maximum atomic E-state index is 6.18. The summed E-state index contributed by atoms with van der Waals surface area (Å²) in [7, 11) is 2.23. The Bertz CT molecular complexity index is 489. The van der Waals surface area contributed by atoms with Crippen LogP contribution in [0.4, 0.5) is 0 Å². The number of nitrogens with zero attached hydrogens (tertiary/aromatic N) is 1. The van der Waals surface area contributed by atoms with Gasteiger partial charge in [-0.2, -0.15) is 0 Å². The highest BCUT2D eigenvalue weighted by atomic mass is 35.5. The predicted octanol–water partition coefficient (Wildman–Crippen LogP) is 3.03. The molecule has 0 atom stereocenters. The van der Waals surface area contributed by atoms with Crippen molar-refractivity contribution in [2.24, 2.45) is 0 Å². The Morgan fingerprint density at radius 1 is 1.29 bits per heavy atom. The third kappa shape index (κ3) is 3.62. The smallest absolute Gasteiger partial charge is 0.231 e. The summed E-state index contributed by atoms with van der Waals surface area (Å²) in [6.45, 7) is 3.13. The lowest BCUT2D eigenvalue weighted by molar-refractivity contribution is 0.174. The van der Waals surface area contributed by atoms with Crippen LogP contribution in [0.2, 0.25) is 5.02 Å². The Morgan fingerprint density at radius 3 is 2.90 bits per heavy atom. The normalized spacial score (nSPS) is 17.9. The summed E-state index contributed by atoms with van der Waals surface area (Å²) < 4.78 is 10.7. The third-order valence-electron chi connectivity index (χ3n) is 4.41. The van der Waals surface area contributed by atoms with E-state index < -0.39 is 0 Å². The Morgan fingerprint density at radius 2 is 2.10 bits per heavy atom. The average Bonchev–Trinajstić information content (AvgIpc) is 3.14. The number of rotatable bonds is 6. The van der Waals surface area contributed by atoms with Crippen molar-refractivity contribution in [3.05, 3.63) is 22.7 Å². The van der Waals surface area contributed by atoms with Crippen LogP contribution in [0.1, 0.15) is 31.2 Å². The molecule has 0 amide bonds. The quantitative estimate of drug-likeness (QED) is 0.819. The number of benzene rings is 1. The van der Waals surface area contributed by atoms with Crippen LogP contribution in [0, 0.1) is 0 Å². The van der Waals surface area contributed by atoms with Crippen molar-refractivity contribution in [1.29, 1.82) is 0 Å². The molecule has 1 aromatic rings. The van der Waals surface area contributed by atoms with Gasteiger partial charge in [0.1, 0.15) is 0 Å². The van der Waals surface area contributed by atoms with Crippen LogP contribution in [0.5, 0.6) is 11.5 Å². The molecule has 0 saturated heterocycles. The standard InChI is InChI=1S/C16H23ClN2O2/c1-19(13-4-2-3-5-13)7-6-18-10-12-8-14(17)16-15(9-12)20-11-21-16/h8-9,13,18H,2-7,10-11H2,1H3. The minimum Gasteiger partial charge on any atom is -0.454 e.